The molecule has 0 radical (unpaired) electrons. The van der Waals surface area contributed by atoms with Crippen LogP contribution in [0.5, 0.6) is 5.75 Å². The van der Waals surface area contributed by atoms with Gasteiger partial charge >= 0.3 is 0 Å². The molecule has 6 heteroatoms. The van der Waals surface area contributed by atoms with E-state index in [4.69, 9.17) is 27.9 Å². The van der Waals surface area contributed by atoms with Crippen LogP contribution in [-0.2, 0) is 0 Å². The Kier molecular flexibility index (Phi) is 5.94. The first-order valence-corrected chi connectivity index (χ1v) is 9.39. The van der Waals surface area contributed by atoms with Gasteiger partial charge in [-0.05, 0) is 56.2 Å². The fraction of sp³-hybridized carbons (Fsp3) is 0.667. The zero-order valence-corrected chi connectivity index (χ0v) is 15.4. The number of aliphatic hydroxyl groups excluding tert-OH is 2. The highest BCUT2D eigenvalue weighted by molar-refractivity contribution is 6.36. The van der Waals surface area contributed by atoms with Gasteiger partial charge in [0.15, 0.2) is 0 Å². The molecule has 24 heavy (non-hydrogen) atoms. The lowest BCUT2D eigenvalue weighted by molar-refractivity contribution is 0.0438. The van der Waals surface area contributed by atoms with Gasteiger partial charge in [0.1, 0.15) is 11.9 Å². The van der Waals surface area contributed by atoms with Crippen LogP contribution < -0.4 is 4.74 Å². The lowest BCUT2D eigenvalue weighted by Gasteiger charge is -2.33. The number of likely N-dealkylation sites (tertiary alicyclic amines) is 1. The molecule has 1 heterocycles. The molecular weight excluding hydrogens is 349 g/mol. The maximum absolute atomic E-state index is 9.66. The third-order valence-electron chi connectivity index (χ3n) is 5.22. The summed E-state index contributed by atoms with van der Waals surface area (Å²) in [5.74, 6) is 1.10. The van der Waals surface area contributed by atoms with Crippen molar-refractivity contribution in [2.24, 2.45) is 5.92 Å². The topological polar surface area (TPSA) is 52.9 Å². The summed E-state index contributed by atoms with van der Waals surface area (Å²) in [5, 5.41) is 20.6. The number of hydrogen-bond donors (Lipinski definition) is 2. The van der Waals surface area contributed by atoms with Crippen LogP contribution in [0.1, 0.15) is 31.2 Å². The summed E-state index contributed by atoms with van der Waals surface area (Å²) in [7, 11) is 0. The second kappa shape index (κ2) is 7.79. The van der Waals surface area contributed by atoms with Gasteiger partial charge in [0.25, 0.3) is 0 Å². The number of aliphatic hydroxyl groups is 2. The number of hydrogen-bond acceptors (Lipinski definition) is 4. The normalized spacial score (nSPS) is 29.1. The van der Waals surface area contributed by atoms with Crippen LogP contribution in [0.25, 0.3) is 0 Å². The predicted octanol–water partition coefficient (Wildman–Crippen LogP) is 3.28. The predicted molar refractivity (Wildman–Crippen MR) is 96.0 cm³/mol. The molecule has 1 aliphatic carbocycles. The minimum atomic E-state index is -0.550. The first-order valence-electron chi connectivity index (χ1n) is 8.63. The molecule has 2 unspecified atom stereocenters. The molecule has 0 aromatic heterocycles. The van der Waals surface area contributed by atoms with Crippen molar-refractivity contribution in [1.29, 1.82) is 0 Å². The molecule has 0 spiro atoms. The number of ether oxygens (including phenoxy) is 1. The fourth-order valence-electron chi connectivity index (χ4n) is 3.72. The summed E-state index contributed by atoms with van der Waals surface area (Å²) in [6.07, 6.45) is 2.39. The molecule has 0 bridgehead atoms. The minimum Gasteiger partial charge on any atom is -0.489 e. The number of nitrogens with zero attached hydrogens (tertiary/aromatic N) is 1. The Morgan fingerprint density at radius 1 is 1.12 bits per heavy atom. The van der Waals surface area contributed by atoms with Gasteiger partial charge in [0.05, 0.1) is 17.2 Å². The van der Waals surface area contributed by atoms with Crippen molar-refractivity contribution < 1.29 is 14.9 Å². The van der Waals surface area contributed by atoms with E-state index < -0.39 is 12.2 Å². The van der Waals surface area contributed by atoms with E-state index in [1.807, 2.05) is 19.1 Å². The maximum Gasteiger partial charge on any atom is 0.138 e. The number of piperidine rings is 1. The van der Waals surface area contributed by atoms with Crippen molar-refractivity contribution in [3.63, 3.8) is 0 Å². The highest BCUT2D eigenvalue weighted by atomic mass is 35.5. The second-order valence-electron chi connectivity index (χ2n) is 7.07. The smallest absolute Gasteiger partial charge is 0.138 e. The van der Waals surface area contributed by atoms with Crippen molar-refractivity contribution in [1.82, 2.24) is 4.90 Å². The lowest BCUT2D eigenvalue weighted by atomic mass is 10.0. The van der Waals surface area contributed by atoms with E-state index in [2.05, 4.69) is 4.90 Å². The van der Waals surface area contributed by atoms with Crippen molar-refractivity contribution in [2.75, 3.05) is 19.6 Å². The molecule has 3 rings (SSSR count). The van der Waals surface area contributed by atoms with Gasteiger partial charge in [0.2, 0.25) is 0 Å². The second-order valence-corrected chi connectivity index (χ2v) is 7.86. The average molecular weight is 374 g/mol. The molecule has 2 fully saturated rings. The van der Waals surface area contributed by atoms with Crippen LogP contribution >= 0.6 is 23.2 Å². The Morgan fingerprint density at radius 2 is 1.75 bits per heavy atom. The molecule has 134 valence electrons. The van der Waals surface area contributed by atoms with Crippen molar-refractivity contribution >= 4 is 23.2 Å². The summed E-state index contributed by atoms with van der Waals surface area (Å²) in [4.78, 5) is 2.41. The van der Waals surface area contributed by atoms with Crippen LogP contribution in [0.15, 0.2) is 12.1 Å². The molecule has 1 aliphatic heterocycles. The molecular formula is C18H25Cl2NO3. The first kappa shape index (κ1) is 18.3. The number of benzene rings is 1. The highest BCUT2D eigenvalue weighted by Gasteiger charge is 2.33. The molecule has 4 nitrogen and oxygen atoms in total. The van der Waals surface area contributed by atoms with E-state index in [1.165, 1.54) is 0 Å². The van der Waals surface area contributed by atoms with Crippen molar-refractivity contribution in [2.45, 2.75) is 50.9 Å². The molecule has 2 atom stereocenters. The number of halogens is 2. The van der Waals surface area contributed by atoms with Crippen molar-refractivity contribution in [3.8, 4) is 5.75 Å². The van der Waals surface area contributed by atoms with E-state index in [0.717, 1.165) is 38.0 Å². The highest BCUT2D eigenvalue weighted by Crippen LogP contribution is 2.34. The van der Waals surface area contributed by atoms with Crippen LogP contribution in [0.4, 0.5) is 0 Å². The maximum atomic E-state index is 9.66. The summed E-state index contributed by atoms with van der Waals surface area (Å²) in [6, 6.07) is 3.66. The van der Waals surface area contributed by atoms with Crippen molar-refractivity contribution in [3.05, 3.63) is 27.7 Å². The molecule has 2 N–H and O–H groups in total. The van der Waals surface area contributed by atoms with Crippen LogP contribution in [0.3, 0.4) is 0 Å². The van der Waals surface area contributed by atoms with Crippen LogP contribution in [0.2, 0.25) is 10.0 Å². The lowest BCUT2D eigenvalue weighted by Crippen LogP contribution is -2.40. The van der Waals surface area contributed by atoms with Gasteiger partial charge in [-0.1, -0.05) is 23.2 Å². The third kappa shape index (κ3) is 4.17. The van der Waals surface area contributed by atoms with E-state index >= 15 is 0 Å². The Labute approximate surface area is 153 Å². The Balaban J connectivity index is 1.48. The monoisotopic (exact) mass is 373 g/mol. The fourth-order valence-corrected chi connectivity index (χ4v) is 4.14. The van der Waals surface area contributed by atoms with Gasteiger partial charge in [-0.2, -0.15) is 0 Å². The van der Waals surface area contributed by atoms with Gasteiger partial charge in [-0.15, -0.1) is 0 Å². The zero-order chi connectivity index (χ0) is 17.3. The Morgan fingerprint density at radius 3 is 2.38 bits per heavy atom. The Hall–Kier alpha value is -0.520. The van der Waals surface area contributed by atoms with Crippen LogP contribution in [-0.4, -0.2) is 53.1 Å². The van der Waals surface area contributed by atoms with E-state index in [-0.39, 0.29) is 6.10 Å². The molecule has 0 amide bonds. The Bertz CT molecular complexity index is 566. The summed E-state index contributed by atoms with van der Waals surface area (Å²) < 4.78 is 6.08. The SMILES string of the molecule is Cc1c(Cl)ccc(OC2CCN(CC3CC(O)C(O)C3)CC2)c1Cl. The van der Waals surface area contributed by atoms with Crippen LogP contribution in [0, 0.1) is 12.8 Å². The van der Waals surface area contributed by atoms with E-state index in [9.17, 15) is 10.2 Å². The van der Waals surface area contributed by atoms with Gasteiger partial charge in [-0.3, -0.25) is 0 Å². The minimum absolute atomic E-state index is 0.166. The number of rotatable bonds is 4. The standard InChI is InChI=1S/C18H25Cl2NO3/c1-11-14(19)2-3-17(18(11)20)24-13-4-6-21(7-5-13)10-12-8-15(22)16(23)9-12/h2-3,12-13,15-16,22-23H,4-10H2,1H3. The van der Waals surface area contributed by atoms with Gasteiger partial charge in [-0.25, -0.2) is 0 Å². The molecule has 1 aromatic rings. The summed E-state index contributed by atoms with van der Waals surface area (Å²) >= 11 is 12.4. The molecule has 1 saturated carbocycles. The zero-order valence-electron chi connectivity index (χ0n) is 13.9. The molecule has 1 saturated heterocycles. The molecule has 1 aromatic carbocycles. The summed E-state index contributed by atoms with van der Waals surface area (Å²) in [5.41, 5.74) is 0.853. The third-order valence-corrected chi connectivity index (χ3v) is 6.10. The average Bonchev–Trinajstić information content (AvgIpc) is 2.87. The first-order chi connectivity index (χ1) is 11.4. The van der Waals surface area contributed by atoms with E-state index in [1.54, 1.807) is 0 Å². The van der Waals surface area contributed by atoms with Gasteiger partial charge in [0, 0.05) is 24.7 Å². The molecule has 2 aliphatic rings. The quantitative estimate of drug-likeness (QED) is 0.850. The van der Waals surface area contributed by atoms with E-state index in [0.29, 0.717) is 34.6 Å². The van der Waals surface area contributed by atoms with Gasteiger partial charge < -0.3 is 19.8 Å². The summed E-state index contributed by atoms with van der Waals surface area (Å²) in [6.45, 7) is 4.78. The largest absolute Gasteiger partial charge is 0.489 e.